The van der Waals surface area contributed by atoms with Crippen molar-refractivity contribution in [2.45, 2.75) is 37.2 Å². The molecule has 4 rings (SSSR count). The Balaban J connectivity index is 1.46. The number of hydrogen-bond donors (Lipinski definition) is 2. The van der Waals surface area contributed by atoms with Crippen molar-refractivity contribution in [1.29, 1.82) is 0 Å². The predicted octanol–water partition coefficient (Wildman–Crippen LogP) is 7.05. The van der Waals surface area contributed by atoms with Gasteiger partial charge in [0.05, 0.1) is 5.69 Å². The maximum Gasteiger partial charge on any atom is 0.323 e. The maximum atomic E-state index is 13.2. The number of carbonyl (C=O) groups excluding carboxylic acids is 1. The third-order valence-corrected chi connectivity index (χ3v) is 9.87. The minimum absolute atomic E-state index is 0.0310. The number of benzene rings is 4. The minimum atomic E-state index is -4.09. The van der Waals surface area contributed by atoms with Crippen molar-refractivity contribution in [2.75, 3.05) is 10.6 Å². The van der Waals surface area contributed by atoms with Crippen molar-refractivity contribution in [3.63, 3.8) is 0 Å². The standard InChI is InChI=1S/C31H32N2O7S2/c1-3-29(23-14-7-5-8-15-23)41(35,36)39-26-19-13-18-25(22-26)32-31(34)33-27-20-11-12-21-28(27)40-42(37,38)30(4-2)24-16-9-6-10-17-24/h5-22,29-30H,3-4H2,1-2H3,(H2,32,33,34). The molecule has 2 N–H and O–H groups in total. The van der Waals surface area contributed by atoms with Crippen LogP contribution in [0.4, 0.5) is 16.2 Å². The molecule has 0 saturated heterocycles. The van der Waals surface area contributed by atoms with Gasteiger partial charge in [0.1, 0.15) is 16.2 Å². The average Bonchev–Trinajstić information content (AvgIpc) is 2.95. The van der Waals surface area contributed by atoms with Gasteiger partial charge in [-0.05, 0) is 48.2 Å². The number of urea groups is 1. The third-order valence-electron chi connectivity index (χ3n) is 6.43. The summed E-state index contributed by atoms with van der Waals surface area (Å²) < 4.78 is 63.3. The van der Waals surface area contributed by atoms with Crippen LogP contribution in [-0.2, 0) is 20.2 Å². The molecule has 4 aromatic carbocycles. The van der Waals surface area contributed by atoms with Gasteiger partial charge in [-0.15, -0.1) is 0 Å². The molecule has 0 saturated carbocycles. The molecule has 0 aliphatic heterocycles. The molecule has 0 aliphatic carbocycles. The van der Waals surface area contributed by atoms with E-state index < -0.39 is 36.8 Å². The van der Waals surface area contributed by atoms with E-state index in [1.807, 2.05) is 0 Å². The molecule has 0 bridgehead atoms. The zero-order chi connectivity index (χ0) is 30.2. The van der Waals surface area contributed by atoms with Gasteiger partial charge in [0.15, 0.2) is 5.75 Å². The Labute approximate surface area is 246 Å². The summed E-state index contributed by atoms with van der Waals surface area (Å²) in [5.74, 6) is -0.0137. The largest absolute Gasteiger partial charge is 0.382 e. The Morgan fingerprint density at radius 1 is 0.643 bits per heavy atom. The second-order valence-electron chi connectivity index (χ2n) is 9.37. The molecule has 2 atom stereocenters. The van der Waals surface area contributed by atoms with Crippen LogP contribution in [0.2, 0.25) is 0 Å². The molecule has 2 amide bonds. The number of amides is 2. The first-order valence-corrected chi connectivity index (χ1v) is 16.3. The van der Waals surface area contributed by atoms with Gasteiger partial charge < -0.3 is 19.0 Å². The van der Waals surface area contributed by atoms with Crippen LogP contribution >= 0.6 is 0 Å². The highest BCUT2D eigenvalue weighted by Gasteiger charge is 2.29. The van der Waals surface area contributed by atoms with E-state index in [4.69, 9.17) is 8.37 Å². The van der Waals surface area contributed by atoms with Crippen molar-refractivity contribution >= 4 is 37.6 Å². The van der Waals surface area contributed by atoms with Crippen LogP contribution in [0, 0.1) is 0 Å². The lowest BCUT2D eigenvalue weighted by molar-refractivity contribution is 0.262. The van der Waals surface area contributed by atoms with E-state index in [0.29, 0.717) is 24.0 Å². The SMILES string of the molecule is CCC(c1ccccc1)S(=O)(=O)Oc1cccc(NC(=O)Nc2ccccc2OS(=O)(=O)C(CC)c2ccccc2)c1. The minimum Gasteiger partial charge on any atom is -0.382 e. The Bertz CT molecular complexity index is 1710. The average molecular weight is 609 g/mol. The van der Waals surface area contributed by atoms with Crippen molar-refractivity contribution in [2.24, 2.45) is 0 Å². The number of rotatable bonds is 12. The highest BCUT2D eigenvalue weighted by atomic mass is 32.2. The molecule has 2 unspecified atom stereocenters. The molecule has 0 aliphatic rings. The molecule has 9 nitrogen and oxygen atoms in total. The second kappa shape index (κ2) is 13.5. The lowest BCUT2D eigenvalue weighted by Gasteiger charge is -2.18. The maximum absolute atomic E-state index is 13.2. The van der Waals surface area contributed by atoms with Gasteiger partial charge in [-0.25, -0.2) is 4.79 Å². The van der Waals surface area contributed by atoms with E-state index in [9.17, 15) is 21.6 Å². The summed E-state index contributed by atoms with van der Waals surface area (Å²) in [6, 6.07) is 29.0. The molecular formula is C31H32N2O7S2. The Hall–Kier alpha value is -4.35. The smallest absolute Gasteiger partial charge is 0.323 e. The Morgan fingerprint density at radius 3 is 1.74 bits per heavy atom. The van der Waals surface area contributed by atoms with Crippen LogP contribution in [0.15, 0.2) is 109 Å². The Kier molecular flexibility index (Phi) is 9.87. The van der Waals surface area contributed by atoms with Gasteiger partial charge in [0.25, 0.3) is 0 Å². The molecule has 0 radical (unpaired) electrons. The van der Waals surface area contributed by atoms with Crippen LogP contribution in [-0.4, -0.2) is 22.9 Å². The first kappa shape index (κ1) is 30.6. The first-order valence-electron chi connectivity index (χ1n) is 13.4. The molecule has 4 aromatic rings. The van der Waals surface area contributed by atoms with Crippen molar-refractivity contribution in [1.82, 2.24) is 0 Å². The molecule has 0 spiro atoms. The monoisotopic (exact) mass is 608 g/mol. The van der Waals surface area contributed by atoms with Crippen LogP contribution in [0.3, 0.4) is 0 Å². The number of para-hydroxylation sites is 2. The first-order chi connectivity index (χ1) is 20.1. The van der Waals surface area contributed by atoms with Crippen molar-refractivity contribution in [3.05, 3.63) is 120 Å². The van der Waals surface area contributed by atoms with E-state index >= 15 is 0 Å². The molecular weight excluding hydrogens is 576 g/mol. The van der Waals surface area contributed by atoms with Gasteiger partial charge >= 0.3 is 26.3 Å². The number of carbonyl (C=O) groups is 1. The summed E-state index contributed by atoms with van der Waals surface area (Å²) in [5, 5.41) is 3.45. The highest BCUT2D eigenvalue weighted by Crippen LogP contribution is 2.33. The summed E-state index contributed by atoms with van der Waals surface area (Å²) in [6.07, 6.45) is 0.606. The van der Waals surface area contributed by atoms with Gasteiger partial charge in [-0.2, -0.15) is 16.8 Å². The normalized spacial score (nSPS) is 13.0. The van der Waals surface area contributed by atoms with Gasteiger partial charge in [0, 0.05) is 11.8 Å². The fraction of sp³-hybridized carbons (Fsp3) is 0.194. The van der Waals surface area contributed by atoms with Crippen molar-refractivity contribution < 1.29 is 30.0 Å². The molecule has 0 aromatic heterocycles. The number of anilines is 2. The molecule has 0 fully saturated rings. The zero-order valence-corrected chi connectivity index (χ0v) is 24.8. The summed E-state index contributed by atoms with van der Waals surface area (Å²) in [7, 11) is -8.12. The summed E-state index contributed by atoms with van der Waals surface area (Å²) >= 11 is 0. The van der Waals surface area contributed by atoms with E-state index in [1.54, 1.807) is 98.8 Å². The van der Waals surface area contributed by atoms with Crippen LogP contribution in [0.25, 0.3) is 0 Å². The topological polar surface area (TPSA) is 128 Å². The van der Waals surface area contributed by atoms with Crippen LogP contribution in [0.5, 0.6) is 11.5 Å². The van der Waals surface area contributed by atoms with Gasteiger partial charge in [-0.3, -0.25) is 0 Å². The molecule has 220 valence electrons. The van der Waals surface area contributed by atoms with Crippen LogP contribution < -0.4 is 19.0 Å². The van der Waals surface area contributed by atoms with E-state index in [2.05, 4.69) is 10.6 Å². The van der Waals surface area contributed by atoms with Crippen molar-refractivity contribution in [3.8, 4) is 11.5 Å². The summed E-state index contributed by atoms with van der Waals surface area (Å²) in [5.41, 5.74) is 1.60. The molecule has 42 heavy (non-hydrogen) atoms. The number of hydrogen-bond acceptors (Lipinski definition) is 7. The van der Waals surface area contributed by atoms with E-state index in [-0.39, 0.29) is 22.9 Å². The second-order valence-corrected chi connectivity index (χ2v) is 12.8. The Morgan fingerprint density at radius 2 is 1.17 bits per heavy atom. The molecule has 0 heterocycles. The summed E-state index contributed by atoms with van der Waals surface area (Å²) in [4.78, 5) is 12.9. The summed E-state index contributed by atoms with van der Waals surface area (Å²) in [6.45, 7) is 3.51. The van der Waals surface area contributed by atoms with E-state index in [0.717, 1.165) is 0 Å². The fourth-order valence-electron chi connectivity index (χ4n) is 4.48. The molecule has 11 heteroatoms. The van der Waals surface area contributed by atoms with Gasteiger partial charge in [-0.1, -0.05) is 92.7 Å². The lowest BCUT2D eigenvalue weighted by atomic mass is 10.1. The number of nitrogens with one attached hydrogen (secondary N) is 2. The third kappa shape index (κ3) is 7.68. The predicted molar refractivity (Wildman–Crippen MR) is 164 cm³/mol. The lowest BCUT2D eigenvalue weighted by Crippen LogP contribution is -2.22. The zero-order valence-electron chi connectivity index (χ0n) is 23.1. The quantitative estimate of drug-likeness (QED) is 0.165. The highest BCUT2D eigenvalue weighted by molar-refractivity contribution is 7.87. The van der Waals surface area contributed by atoms with E-state index in [1.165, 1.54) is 24.3 Å². The fourth-order valence-corrected chi connectivity index (χ4v) is 7.27. The van der Waals surface area contributed by atoms with Gasteiger partial charge in [0.2, 0.25) is 0 Å². The van der Waals surface area contributed by atoms with Crippen LogP contribution in [0.1, 0.15) is 48.3 Å².